The lowest BCUT2D eigenvalue weighted by Gasteiger charge is -2.34. The number of carbonyl (C=O) groups excluding carboxylic acids is 3. The lowest BCUT2D eigenvalue weighted by Crippen LogP contribution is -2.43. The molecule has 1 unspecified atom stereocenters. The molecule has 0 spiro atoms. The zero-order valence-corrected chi connectivity index (χ0v) is 17.5. The average Bonchev–Trinajstić information content (AvgIpc) is 2.81. The van der Waals surface area contributed by atoms with Gasteiger partial charge in [0, 0.05) is 37.3 Å². The molecule has 2 saturated heterocycles. The van der Waals surface area contributed by atoms with E-state index in [9.17, 15) is 14.4 Å². The van der Waals surface area contributed by atoms with Crippen LogP contribution >= 0.6 is 0 Å². The molecule has 2 aromatic rings. The quantitative estimate of drug-likeness (QED) is 0.805. The Morgan fingerprint density at radius 2 is 1.71 bits per heavy atom. The summed E-state index contributed by atoms with van der Waals surface area (Å²) in [5.41, 5.74) is 1.83. The van der Waals surface area contributed by atoms with Gasteiger partial charge in [-0.1, -0.05) is 36.4 Å². The maximum Gasteiger partial charge on any atom is 0.254 e. The third-order valence-corrected chi connectivity index (χ3v) is 5.71. The normalized spacial score (nSPS) is 17.9. The highest BCUT2D eigenvalue weighted by molar-refractivity contribution is 6.00. The van der Waals surface area contributed by atoms with Crippen LogP contribution in [0.25, 0.3) is 0 Å². The third kappa shape index (κ3) is 4.94. The molecule has 1 N–H and O–H groups in total. The summed E-state index contributed by atoms with van der Waals surface area (Å²) in [5.74, 6) is -0.367. The SMILES string of the molecule is O=C(Nc1cccc(C(=O)N2CCOCC2)c1)C(c1ccccc1)N1CCCCC1=O. The largest absolute Gasteiger partial charge is 0.378 e. The molecule has 2 aliphatic heterocycles. The number of hydrogen-bond acceptors (Lipinski definition) is 4. The minimum atomic E-state index is -0.701. The molecule has 31 heavy (non-hydrogen) atoms. The van der Waals surface area contributed by atoms with Crippen LogP contribution in [0.3, 0.4) is 0 Å². The summed E-state index contributed by atoms with van der Waals surface area (Å²) in [6.07, 6.45) is 2.19. The predicted octanol–water partition coefficient (Wildman–Crippen LogP) is 2.85. The van der Waals surface area contributed by atoms with E-state index in [1.54, 1.807) is 34.1 Å². The van der Waals surface area contributed by atoms with Gasteiger partial charge in [-0.3, -0.25) is 14.4 Å². The summed E-state index contributed by atoms with van der Waals surface area (Å²) >= 11 is 0. The lowest BCUT2D eigenvalue weighted by molar-refractivity contribution is -0.141. The first kappa shape index (κ1) is 21.1. The van der Waals surface area contributed by atoms with E-state index in [-0.39, 0.29) is 17.7 Å². The van der Waals surface area contributed by atoms with E-state index < -0.39 is 6.04 Å². The summed E-state index contributed by atoms with van der Waals surface area (Å²) in [6, 6.07) is 15.6. The van der Waals surface area contributed by atoms with Crippen LogP contribution < -0.4 is 5.32 Å². The van der Waals surface area contributed by atoms with E-state index in [0.717, 1.165) is 18.4 Å². The first-order valence-corrected chi connectivity index (χ1v) is 10.8. The number of nitrogens with zero attached hydrogens (tertiary/aromatic N) is 2. The van der Waals surface area contributed by atoms with Crippen molar-refractivity contribution in [1.29, 1.82) is 0 Å². The van der Waals surface area contributed by atoms with E-state index in [1.165, 1.54) is 0 Å². The van der Waals surface area contributed by atoms with Gasteiger partial charge in [-0.2, -0.15) is 0 Å². The van der Waals surface area contributed by atoms with Crippen molar-refractivity contribution in [2.75, 3.05) is 38.2 Å². The summed E-state index contributed by atoms with van der Waals surface area (Å²) in [5, 5.41) is 2.93. The van der Waals surface area contributed by atoms with Crippen LogP contribution in [0.5, 0.6) is 0 Å². The minimum Gasteiger partial charge on any atom is -0.378 e. The highest BCUT2D eigenvalue weighted by atomic mass is 16.5. The minimum absolute atomic E-state index is 0.00787. The van der Waals surface area contributed by atoms with Gasteiger partial charge in [-0.15, -0.1) is 0 Å². The van der Waals surface area contributed by atoms with Crippen molar-refractivity contribution in [3.05, 3.63) is 65.7 Å². The Hall–Kier alpha value is -3.19. The topological polar surface area (TPSA) is 79.0 Å². The van der Waals surface area contributed by atoms with Crippen molar-refractivity contribution >= 4 is 23.4 Å². The van der Waals surface area contributed by atoms with Crippen molar-refractivity contribution in [2.45, 2.75) is 25.3 Å². The third-order valence-electron chi connectivity index (χ3n) is 5.71. The molecule has 1 atom stereocenters. The molecule has 0 aromatic heterocycles. The van der Waals surface area contributed by atoms with E-state index >= 15 is 0 Å². The second-order valence-electron chi connectivity index (χ2n) is 7.83. The van der Waals surface area contributed by atoms with Crippen molar-refractivity contribution < 1.29 is 19.1 Å². The van der Waals surface area contributed by atoms with Gasteiger partial charge < -0.3 is 19.9 Å². The first-order chi connectivity index (χ1) is 15.1. The average molecular weight is 421 g/mol. The molecule has 0 bridgehead atoms. The molecular weight excluding hydrogens is 394 g/mol. The molecule has 7 nitrogen and oxygen atoms in total. The van der Waals surface area contributed by atoms with E-state index in [0.29, 0.717) is 50.5 Å². The molecule has 162 valence electrons. The van der Waals surface area contributed by atoms with E-state index in [4.69, 9.17) is 4.74 Å². The molecule has 0 radical (unpaired) electrons. The molecule has 2 aliphatic rings. The predicted molar refractivity (Wildman–Crippen MR) is 117 cm³/mol. The van der Waals surface area contributed by atoms with Crippen LogP contribution in [0.4, 0.5) is 5.69 Å². The lowest BCUT2D eigenvalue weighted by atomic mass is 10.00. The van der Waals surface area contributed by atoms with Crippen LogP contribution in [-0.2, 0) is 14.3 Å². The van der Waals surface area contributed by atoms with Crippen molar-refractivity contribution in [3.8, 4) is 0 Å². The van der Waals surface area contributed by atoms with Gasteiger partial charge in [0.05, 0.1) is 13.2 Å². The fourth-order valence-electron chi connectivity index (χ4n) is 4.10. The fraction of sp³-hybridized carbons (Fsp3) is 0.375. The van der Waals surface area contributed by atoms with Crippen LogP contribution in [0.1, 0.15) is 41.2 Å². The molecule has 2 fully saturated rings. The molecule has 2 heterocycles. The Morgan fingerprint density at radius 1 is 0.935 bits per heavy atom. The Morgan fingerprint density at radius 3 is 2.45 bits per heavy atom. The van der Waals surface area contributed by atoms with E-state index in [1.807, 2.05) is 30.3 Å². The summed E-state index contributed by atoms with van der Waals surface area (Å²) in [7, 11) is 0. The monoisotopic (exact) mass is 421 g/mol. The molecule has 2 aromatic carbocycles. The Bertz CT molecular complexity index is 941. The molecule has 4 rings (SSSR count). The maximum atomic E-state index is 13.3. The number of benzene rings is 2. The molecule has 3 amide bonds. The van der Waals surface area contributed by atoms with Crippen molar-refractivity contribution in [3.63, 3.8) is 0 Å². The standard InChI is InChI=1S/C24H27N3O4/c28-21-11-4-5-12-27(21)22(18-7-2-1-3-8-18)23(29)25-20-10-6-9-19(17-20)24(30)26-13-15-31-16-14-26/h1-3,6-10,17,22H,4-5,11-16H2,(H,25,29). The zero-order chi connectivity index (χ0) is 21.6. The Balaban J connectivity index is 1.54. The zero-order valence-electron chi connectivity index (χ0n) is 17.5. The summed E-state index contributed by atoms with van der Waals surface area (Å²) in [6.45, 7) is 2.74. The van der Waals surface area contributed by atoms with Gasteiger partial charge >= 0.3 is 0 Å². The van der Waals surface area contributed by atoms with Crippen LogP contribution in [0.15, 0.2) is 54.6 Å². The number of carbonyl (C=O) groups is 3. The molecule has 7 heteroatoms. The van der Waals surface area contributed by atoms with Gasteiger partial charge in [0.15, 0.2) is 0 Å². The van der Waals surface area contributed by atoms with Crippen LogP contribution in [-0.4, -0.2) is 60.4 Å². The van der Waals surface area contributed by atoms with Crippen molar-refractivity contribution in [1.82, 2.24) is 9.80 Å². The number of amides is 3. The van der Waals surface area contributed by atoms with Crippen LogP contribution in [0.2, 0.25) is 0 Å². The Kier molecular flexibility index (Phi) is 6.62. The maximum absolute atomic E-state index is 13.3. The van der Waals surface area contributed by atoms with Gasteiger partial charge in [-0.05, 0) is 36.6 Å². The number of rotatable bonds is 5. The van der Waals surface area contributed by atoms with Gasteiger partial charge in [0.1, 0.15) is 6.04 Å². The number of anilines is 1. The summed E-state index contributed by atoms with van der Waals surface area (Å²) in [4.78, 5) is 42.1. The number of likely N-dealkylation sites (tertiary alicyclic amines) is 1. The number of ether oxygens (including phenoxy) is 1. The number of nitrogens with one attached hydrogen (secondary N) is 1. The second-order valence-corrected chi connectivity index (χ2v) is 7.83. The number of piperidine rings is 1. The second kappa shape index (κ2) is 9.75. The highest BCUT2D eigenvalue weighted by Gasteiger charge is 2.32. The smallest absolute Gasteiger partial charge is 0.254 e. The summed E-state index contributed by atoms with van der Waals surface area (Å²) < 4.78 is 5.31. The first-order valence-electron chi connectivity index (χ1n) is 10.8. The number of morpholine rings is 1. The highest BCUT2D eigenvalue weighted by Crippen LogP contribution is 2.27. The van der Waals surface area contributed by atoms with Gasteiger partial charge in [-0.25, -0.2) is 0 Å². The molecule has 0 saturated carbocycles. The molecular formula is C24H27N3O4. The molecule has 0 aliphatic carbocycles. The fourth-order valence-corrected chi connectivity index (χ4v) is 4.10. The van der Waals surface area contributed by atoms with Gasteiger partial charge in [0.2, 0.25) is 5.91 Å². The Labute approximate surface area is 182 Å². The van der Waals surface area contributed by atoms with Crippen LogP contribution in [0, 0.1) is 0 Å². The van der Waals surface area contributed by atoms with Gasteiger partial charge in [0.25, 0.3) is 11.8 Å². The van der Waals surface area contributed by atoms with Crippen molar-refractivity contribution in [2.24, 2.45) is 0 Å². The van der Waals surface area contributed by atoms with E-state index in [2.05, 4.69) is 5.32 Å². The number of hydrogen-bond donors (Lipinski definition) is 1.